The zero-order valence-electron chi connectivity index (χ0n) is 10.7. The van der Waals surface area contributed by atoms with E-state index in [2.05, 4.69) is 10.3 Å². The fourth-order valence-electron chi connectivity index (χ4n) is 2.10. The molecule has 3 nitrogen and oxygen atoms in total. The summed E-state index contributed by atoms with van der Waals surface area (Å²) in [6.45, 7) is 0. The number of pyridine rings is 1. The van der Waals surface area contributed by atoms with E-state index in [1.807, 2.05) is 0 Å². The summed E-state index contributed by atoms with van der Waals surface area (Å²) in [6.07, 6.45) is 1.47. The van der Waals surface area contributed by atoms with E-state index in [0.29, 0.717) is 34.4 Å². The molecule has 0 saturated heterocycles. The molecule has 0 bridgehead atoms. The fraction of sp³-hybridized carbons (Fsp3) is 0. The number of hydrogen-bond donors (Lipinski definition) is 2. The third-order valence-electron chi connectivity index (χ3n) is 3.07. The van der Waals surface area contributed by atoms with Gasteiger partial charge in [-0.05, 0) is 12.1 Å². The van der Waals surface area contributed by atoms with E-state index < -0.39 is 23.1 Å². The quantitative estimate of drug-likeness (QED) is 0.702. The number of nitrogens with zero attached hydrogens (tertiary/aromatic N) is 1. The fourth-order valence-corrected chi connectivity index (χ4v) is 2.10. The number of anilines is 3. The van der Waals surface area contributed by atoms with Crippen LogP contribution in [0.15, 0.2) is 42.6 Å². The molecule has 6 heteroatoms. The first-order valence-corrected chi connectivity index (χ1v) is 6.11. The zero-order valence-corrected chi connectivity index (χ0v) is 10.7. The molecule has 0 aliphatic carbocycles. The molecule has 0 unspecified atom stereocenters. The van der Waals surface area contributed by atoms with Gasteiger partial charge in [0.15, 0.2) is 11.6 Å². The average Bonchev–Trinajstić information content (AvgIpc) is 2.43. The monoisotopic (exact) mass is 289 g/mol. The number of rotatable bonds is 2. The summed E-state index contributed by atoms with van der Waals surface area (Å²) < 4.78 is 40.3. The Bertz CT molecular complexity index is 811. The Morgan fingerprint density at radius 3 is 2.43 bits per heavy atom. The lowest BCUT2D eigenvalue weighted by molar-refractivity contribution is 0.549. The van der Waals surface area contributed by atoms with Crippen molar-refractivity contribution in [1.29, 1.82) is 0 Å². The summed E-state index contributed by atoms with van der Waals surface area (Å²) in [5, 5.41) is 3.24. The van der Waals surface area contributed by atoms with Crippen LogP contribution in [0, 0.1) is 17.5 Å². The summed E-state index contributed by atoms with van der Waals surface area (Å²) in [7, 11) is 0. The van der Waals surface area contributed by atoms with E-state index >= 15 is 0 Å². The Labute approximate surface area is 118 Å². The molecular weight excluding hydrogens is 279 g/mol. The molecular formula is C15H10F3N3. The highest BCUT2D eigenvalue weighted by atomic mass is 19.1. The number of hydrogen-bond acceptors (Lipinski definition) is 3. The second-order valence-corrected chi connectivity index (χ2v) is 4.47. The zero-order chi connectivity index (χ0) is 15.0. The lowest BCUT2D eigenvalue weighted by Gasteiger charge is -2.12. The van der Waals surface area contributed by atoms with Crippen molar-refractivity contribution in [2.45, 2.75) is 0 Å². The van der Waals surface area contributed by atoms with Crippen molar-refractivity contribution in [3.05, 3.63) is 60.0 Å². The van der Waals surface area contributed by atoms with Crippen LogP contribution in [0.3, 0.4) is 0 Å². The van der Waals surface area contributed by atoms with Crippen molar-refractivity contribution in [2.75, 3.05) is 11.1 Å². The first-order valence-electron chi connectivity index (χ1n) is 6.11. The van der Waals surface area contributed by atoms with Crippen molar-refractivity contribution < 1.29 is 13.2 Å². The maximum atomic E-state index is 13.7. The SMILES string of the molecule is Nc1cccc2c(Nc3c(F)cc(F)cc3F)ccnc12. The third-order valence-corrected chi connectivity index (χ3v) is 3.07. The van der Waals surface area contributed by atoms with Crippen molar-refractivity contribution in [3.8, 4) is 0 Å². The molecule has 0 aliphatic rings. The minimum Gasteiger partial charge on any atom is -0.397 e. The average molecular weight is 289 g/mol. The smallest absolute Gasteiger partial charge is 0.152 e. The largest absolute Gasteiger partial charge is 0.397 e. The van der Waals surface area contributed by atoms with Crippen LogP contribution in [0.25, 0.3) is 10.9 Å². The Kier molecular flexibility index (Phi) is 3.13. The molecule has 0 amide bonds. The van der Waals surface area contributed by atoms with Gasteiger partial charge in [0.25, 0.3) is 0 Å². The maximum Gasteiger partial charge on any atom is 0.152 e. The summed E-state index contributed by atoms with van der Waals surface area (Å²) in [4.78, 5) is 4.13. The van der Waals surface area contributed by atoms with Gasteiger partial charge in [0.2, 0.25) is 0 Å². The van der Waals surface area contributed by atoms with E-state index in [-0.39, 0.29) is 0 Å². The predicted molar refractivity (Wildman–Crippen MR) is 75.8 cm³/mol. The summed E-state index contributed by atoms with van der Waals surface area (Å²) in [5.74, 6) is -3.00. The molecule has 0 spiro atoms. The van der Waals surface area contributed by atoms with Crippen molar-refractivity contribution >= 4 is 28.0 Å². The topological polar surface area (TPSA) is 50.9 Å². The van der Waals surface area contributed by atoms with Crippen molar-refractivity contribution in [1.82, 2.24) is 4.98 Å². The van der Waals surface area contributed by atoms with Crippen molar-refractivity contribution in [2.24, 2.45) is 0 Å². The van der Waals surface area contributed by atoms with Gasteiger partial charge in [-0.15, -0.1) is 0 Å². The van der Waals surface area contributed by atoms with Crippen LogP contribution in [0.4, 0.5) is 30.2 Å². The predicted octanol–water partition coefficient (Wildman–Crippen LogP) is 3.98. The van der Waals surface area contributed by atoms with Gasteiger partial charge in [-0.3, -0.25) is 4.98 Å². The van der Waals surface area contributed by atoms with Gasteiger partial charge in [0.05, 0.1) is 11.2 Å². The van der Waals surface area contributed by atoms with E-state index in [1.54, 1.807) is 24.3 Å². The molecule has 106 valence electrons. The van der Waals surface area contributed by atoms with E-state index in [0.717, 1.165) is 0 Å². The van der Waals surface area contributed by atoms with Crippen LogP contribution < -0.4 is 11.1 Å². The lowest BCUT2D eigenvalue weighted by atomic mass is 10.1. The lowest BCUT2D eigenvalue weighted by Crippen LogP contribution is -2.00. The maximum absolute atomic E-state index is 13.7. The number of fused-ring (bicyclic) bond motifs is 1. The molecule has 0 saturated carbocycles. The van der Waals surface area contributed by atoms with Gasteiger partial charge in [-0.2, -0.15) is 0 Å². The molecule has 0 fully saturated rings. The van der Waals surface area contributed by atoms with Crippen LogP contribution in [0.1, 0.15) is 0 Å². The van der Waals surface area contributed by atoms with Gasteiger partial charge >= 0.3 is 0 Å². The normalized spacial score (nSPS) is 10.8. The minimum atomic E-state index is -1.01. The molecule has 2 aromatic carbocycles. The Balaban J connectivity index is 2.13. The standard InChI is InChI=1S/C15H10F3N3/c16-8-6-10(17)15(11(18)7-8)21-13-4-5-20-14-9(13)2-1-3-12(14)19/h1-7H,19H2,(H,20,21). The summed E-state index contributed by atoms with van der Waals surface area (Å²) in [6, 6.07) is 7.90. The van der Waals surface area contributed by atoms with Gasteiger partial charge in [-0.1, -0.05) is 12.1 Å². The number of para-hydroxylation sites is 1. The first kappa shape index (κ1) is 13.2. The molecule has 3 rings (SSSR count). The molecule has 0 atom stereocenters. The van der Waals surface area contributed by atoms with Crippen LogP contribution >= 0.6 is 0 Å². The van der Waals surface area contributed by atoms with Gasteiger partial charge in [0, 0.05) is 29.4 Å². The molecule has 0 aliphatic heterocycles. The number of halogens is 3. The Morgan fingerprint density at radius 2 is 1.71 bits per heavy atom. The summed E-state index contributed by atoms with van der Waals surface area (Å²) >= 11 is 0. The number of benzene rings is 2. The van der Waals surface area contributed by atoms with E-state index in [9.17, 15) is 13.2 Å². The molecule has 0 radical (unpaired) electrons. The third kappa shape index (κ3) is 2.35. The molecule has 3 aromatic rings. The molecule has 1 heterocycles. The van der Waals surface area contributed by atoms with Crippen LogP contribution in [-0.2, 0) is 0 Å². The van der Waals surface area contributed by atoms with E-state index in [4.69, 9.17) is 5.73 Å². The number of nitrogen functional groups attached to an aromatic ring is 1. The highest BCUT2D eigenvalue weighted by Crippen LogP contribution is 2.30. The van der Waals surface area contributed by atoms with Crippen LogP contribution in [0.5, 0.6) is 0 Å². The molecule has 21 heavy (non-hydrogen) atoms. The second kappa shape index (κ2) is 4.97. The number of nitrogens with one attached hydrogen (secondary N) is 1. The highest BCUT2D eigenvalue weighted by molar-refractivity contribution is 5.98. The Morgan fingerprint density at radius 1 is 1.00 bits per heavy atom. The molecule has 1 aromatic heterocycles. The van der Waals surface area contributed by atoms with Gasteiger partial charge in [-0.25, -0.2) is 13.2 Å². The van der Waals surface area contributed by atoms with Gasteiger partial charge in [0.1, 0.15) is 11.5 Å². The van der Waals surface area contributed by atoms with E-state index in [1.165, 1.54) is 6.20 Å². The number of aromatic nitrogens is 1. The van der Waals surface area contributed by atoms with Crippen molar-refractivity contribution in [3.63, 3.8) is 0 Å². The highest BCUT2D eigenvalue weighted by Gasteiger charge is 2.13. The number of nitrogens with two attached hydrogens (primary N) is 1. The van der Waals surface area contributed by atoms with Crippen LogP contribution in [0.2, 0.25) is 0 Å². The Hall–Kier alpha value is -2.76. The first-order chi connectivity index (χ1) is 10.1. The minimum absolute atomic E-state index is 0.425. The second-order valence-electron chi connectivity index (χ2n) is 4.47. The van der Waals surface area contributed by atoms with Crippen LogP contribution in [-0.4, -0.2) is 4.98 Å². The molecule has 3 N–H and O–H groups in total. The summed E-state index contributed by atoms with van der Waals surface area (Å²) in [5.41, 5.74) is 6.79. The van der Waals surface area contributed by atoms with Gasteiger partial charge < -0.3 is 11.1 Å².